The lowest BCUT2D eigenvalue weighted by Crippen LogP contribution is -2.40. The average Bonchev–Trinajstić information content (AvgIpc) is 2.32. The van der Waals surface area contributed by atoms with E-state index >= 15 is 0 Å². The molecular formula is C15H28FNO. The van der Waals surface area contributed by atoms with Crippen molar-refractivity contribution in [1.82, 2.24) is 4.90 Å². The van der Waals surface area contributed by atoms with Crippen LogP contribution in [0.4, 0.5) is 4.39 Å². The van der Waals surface area contributed by atoms with Crippen molar-refractivity contribution in [2.24, 2.45) is 11.8 Å². The molecule has 0 bridgehead atoms. The smallest absolute Gasteiger partial charge is 0.108 e. The summed E-state index contributed by atoms with van der Waals surface area (Å²) in [5.41, 5.74) is -1.000. The van der Waals surface area contributed by atoms with Crippen molar-refractivity contribution in [3.8, 4) is 0 Å². The number of aliphatic hydroxyl groups is 1. The highest BCUT2D eigenvalue weighted by Gasteiger charge is 2.33. The van der Waals surface area contributed by atoms with Crippen LogP contribution in [-0.2, 0) is 0 Å². The molecule has 18 heavy (non-hydrogen) atoms. The van der Waals surface area contributed by atoms with Gasteiger partial charge in [0, 0.05) is 19.6 Å². The summed E-state index contributed by atoms with van der Waals surface area (Å²) in [5, 5.41) is 9.49. The van der Waals surface area contributed by atoms with Crippen molar-refractivity contribution in [3.63, 3.8) is 0 Å². The summed E-state index contributed by atoms with van der Waals surface area (Å²) in [5.74, 6) is 1.01. The van der Waals surface area contributed by atoms with Gasteiger partial charge in [-0.25, -0.2) is 4.39 Å². The maximum atomic E-state index is 13.9. The number of rotatable bonds is 3. The Bertz CT molecular complexity index is 248. The molecule has 0 atom stereocenters. The van der Waals surface area contributed by atoms with Crippen LogP contribution in [0.15, 0.2) is 0 Å². The molecule has 3 heteroatoms. The molecule has 1 saturated heterocycles. The SMILES string of the molecule is CC(C)(F)C1CCC(CN2CCC(O)CC2)CC1. The molecule has 0 aromatic heterocycles. The van der Waals surface area contributed by atoms with E-state index in [2.05, 4.69) is 4.90 Å². The summed E-state index contributed by atoms with van der Waals surface area (Å²) in [6, 6.07) is 0. The lowest BCUT2D eigenvalue weighted by atomic mass is 9.75. The second-order valence-electron chi connectivity index (χ2n) is 6.81. The lowest BCUT2D eigenvalue weighted by molar-refractivity contribution is 0.0509. The van der Waals surface area contributed by atoms with E-state index in [9.17, 15) is 9.50 Å². The van der Waals surface area contributed by atoms with E-state index in [1.54, 1.807) is 13.8 Å². The molecule has 1 N–H and O–H groups in total. The normalized spacial score (nSPS) is 32.7. The molecule has 0 amide bonds. The highest BCUT2D eigenvalue weighted by Crippen LogP contribution is 2.37. The summed E-state index contributed by atoms with van der Waals surface area (Å²) >= 11 is 0. The summed E-state index contributed by atoms with van der Waals surface area (Å²) in [7, 11) is 0. The third kappa shape index (κ3) is 3.92. The van der Waals surface area contributed by atoms with Crippen LogP contribution < -0.4 is 0 Å². The van der Waals surface area contributed by atoms with Gasteiger partial charge in [0.15, 0.2) is 0 Å². The molecule has 2 nitrogen and oxygen atoms in total. The van der Waals surface area contributed by atoms with E-state index in [1.165, 1.54) is 12.8 Å². The second-order valence-corrected chi connectivity index (χ2v) is 6.81. The molecule has 106 valence electrons. The van der Waals surface area contributed by atoms with E-state index in [4.69, 9.17) is 0 Å². The standard InChI is InChI=1S/C15H28FNO/c1-15(2,16)13-5-3-12(4-6-13)11-17-9-7-14(18)8-10-17/h12-14,18H,3-11H2,1-2H3. The Labute approximate surface area is 111 Å². The number of piperidine rings is 1. The second kappa shape index (κ2) is 5.87. The molecule has 0 unspecified atom stereocenters. The van der Waals surface area contributed by atoms with Gasteiger partial charge in [-0.1, -0.05) is 0 Å². The van der Waals surface area contributed by atoms with Crippen LogP contribution in [0.25, 0.3) is 0 Å². The quantitative estimate of drug-likeness (QED) is 0.840. The summed E-state index contributed by atoms with van der Waals surface area (Å²) in [6.45, 7) is 6.69. The van der Waals surface area contributed by atoms with Crippen molar-refractivity contribution < 1.29 is 9.50 Å². The molecule has 2 fully saturated rings. The van der Waals surface area contributed by atoms with E-state index in [-0.39, 0.29) is 12.0 Å². The maximum Gasteiger partial charge on any atom is 0.108 e. The zero-order chi connectivity index (χ0) is 13.2. The van der Waals surface area contributed by atoms with Gasteiger partial charge in [-0.2, -0.15) is 0 Å². The first kappa shape index (κ1) is 14.3. The molecule has 0 radical (unpaired) electrons. The number of hydrogen-bond acceptors (Lipinski definition) is 2. The van der Waals surface area contributed by atoms with Gasteiger partial charge in [0.25, 0.3) is 0 Å². The topological polar surface area (TPSA) is 23.5 Å². The zero-order valence-corrected chi connectivity index (χ0v) is 11.9. The fourth-order valence-corrected chi connectivity index (χ4v) is 3.50. The van der Waals surface area contributed by atoms with Crippen molar-refractivity contribution in [2.45, 2.75) is 64.1 Å². The first-order chi connectivity index (χ1) is 8.45. The molecule has 2 rings (SSSR count). The molecule has 1 aliphatic heterocycles. The molecule has 2 aliphatic rings. The van der Waals surface area contributed by atoms with Gasteiger partial charge < -0.3 is 10.0 Å². The third-order valence-corrected chi connectivity index (χ3v) is 4.89. The molecule has 0 aromatic rings. The van der Waals surface area contributed by atoms with Crippen LogP contribution in [0, 0.1) is 11.8 Å². The Morgan fingerprint density at radius 2 is 1.61 bits per heavy atom. The molecule has 0 spiro atoms. The fourth-order valence-electron chi connectivity index (χ4n) is 3.50. The number of halogens is 1. The predicted molar refractivity (Wildman–Crippen MR) is 72.3 cm³/mol. The third-order valence-electron chi connectivity index (χ3n) is 4.89. The van der Waals surface area contributed by atoms with Crippen LogP contribution in [0.1, 0.15) is 52.4 Å². The van der Waals surface area contributed by atoms with E-state index in [0.717, 1.165) is 51.2 Å². The maximum absolute atomic E-state index is 13.9. The van der Waals surface area contributed by atoms with E-state index < -0.39 is 5.67 Å². The monoisotopic (exact) mass is 257 g/mol. The molecule has 1 saturated carbocycles. The summed E-state index contributed by atoms with van der Waals surface area (Å²) in [4.78, 5) is 2.48. The van der Waals surface area contributed by atoms with Crippen molar-refractivity contribution >= 4 is 0 Å². The Balaban J connectivity index is 1.70. The van der Waals surface area contributed by atoms with Crippen LogP contribution >= 0.6 is 0 Å². The average molecular weight is 257 g/mol. The minimum absolute atomic E-state index is 0.0793. The Kier molecular flexibility index (Phi) is 4.65. The largest absolute Gasteiger partial charge is 0.393 e. The zero-order valence-electron chi connectivity index (χ0n) is 11.9. The predicted octanol–water partition coefficient (Wildman–Crippen LogP) is 3.00. The summed E-state index contributed by atoms with van der Waals surface area (Å²) < 4.78 is 13.9. The van der Waals surface area contributed by atoms with Gasteiger partial charge in [0.05, 0.1) is 6.10 Å². The van der Waals surface area contributed by atoms with Crippen molar-refractivity contribution in [3.05, 3.63) is 0 Å². The molecular weight excluding hydrogens is 229 g/mol. The van der Waals surface area contributed by atoms with Crippen molar-refractivity contribution in [1.29, 1.82) is 0 Å². The molecule has 1 aliphatic carbocycles. The first-order valence-electron chi connectivity index (χ1n) is 7.54. The van der Waals surface area contributed by atoms with Crippen molar-refractivity contribution in [2.75, 3.05) is 19.6 Å². The number of nitrogens with zero attached hydrogens (tertiary/aromatic N) is 1. The van der Waals surface area contributed by atoms with Gasteiger partial charge in [-0.3, -0.25) is 0 Å². The number of alkyl halides is 1. The van der Waals surface area contributed by atoms with Crippen LogP contribution in [0.5, 0.6) is 0 Å². The van der Waals surface area contributed by atoms with Crippen LogP contribution in [-0.4, -0.2) is 41.4 Å². The fraction of sp³-hybridized carbons (Fsp3) is 1.00. The highest BCUT2D eigenvalue weighted by atomic mass is 19.1. The Hall–Kier alpha value is -0.150. The van der Waals surface area contributed by atoms with Crippen LogP contribution in [0.2, 0.25) is 0 Å². The highest BCUT2D eigenvalue weighted by molar-refractivity contribution is 4.84. The number of hydrogen-bond donors (Lipinski definition) is 1. The minimum Gasteiger partial charge on any atom is -0.393 e. The van der Waals surface area contributed by atoms with Gasteiger partial charge in [0.1, 0.15) is 5.67 Å². The minimum atomic E-state index is -1.000. The number of likely N-dealkylation sites (tertiary alicyclic amines) is 1. The summed E-state index contributed by atoms with van der Waals surface area (Å²) in [6.07, 6.45) is 6.22. The van der Waals surface area contributed by atoms with Gasteiger partial charge in [-0.15, -0.1) is 0 Å². The first-order valence-corrected chi connectivity index (χ1v) is 7.54. The van der Waals surface area contributed by atoms with Gasteiger partial charge in [-0.05, 0) is 64.2 Å². The van der Waals surface area contributed by atoms with Gasteiger partial charge >= 0.3 is 0 Å². The lowest BCUT2D eigenvalue weighted by Gasteiger charge is -2.37. The molecule has 0 aromatic carbocycles. The Morgan fingerprint density at radius 3 is 2.11 bits per heavy atom. The Morgan fingerprint density at radius 1 is 1.06 bits per heavy atom. The van der Waals surface area contributed by atoms with Gasteiger partial charge in [0.2, 0.25) is 0 Å². The number of aliphatic hydroxyl groups excluding tert-OH is 1. The van der Waals surface area contributed by atoms with E-state index in [0.29, 0.717) is 0 Å². The van der Waals surface area contributed by atoms with Crippen LogP contribution in [0.3, 0.4) is 0 Å². The molecule has 1 heterocycles. The van der Waals surface area contributed by atoms with E-state index in [1.807, 2.05) is 0 Å².